The molecular weight excluding hydrogens is 764 g/mol. The summed E-state index contributed by atoms with van der Waals surface area (Å²) in [6.07, 6.45) is 10.9. The van der Waals surface area contributed by atoms with Gasteiger partial charge in [0, 0.05) is 53.2 Å². The molecule has 3 saturated heterocycles. The van der Waals surface area contributed by atoms with Gasteiger partial charge in [0.25, 0.3) is 0 Å². The van der Waals surface area contributed by atoms with Crippen LogP contribution in [0.3, 0.4) is 0 Å². The fourth-order valence-corrected chi connectivity index (χ4v) is 8.92. The van der Waals surface area contributed by atoms with Gasteiger partial charge in [-0.25, -0.2) is 13.9 Å². The van der Waals surface area contributed by atoms with Gasteiger partial charge in [0.2, 0.25) is 0 Å². The van der Waals surface area contributed by atoms with Crippen molar-refractivity contribution >= 4 is 33.7 Å². The minimum Gasteiger partial charge on any atom is -0.486 e. The predicted molar refractivity (Wildman–Crippen MR) is 227 cm³/mol. The first-order chi connectivity index (χ1) is 28.8. The van der Waals surface area contributed by atoms with Gasteiger partial charge in [-0.05, 0) is 121 Å². The predicted octanol–water partition coefficient (Wildman–Crippen LogP) is 8.58. The Balaban J connectivity index is 1.26. The number of carbonyl (C=O) groups is 1. The monoisotopic (exact) mass is 816 g/mol. The summed E-state index contributed by atoms with van der Waals surface area (Å²) in [5.41, 5.74) is 5.14. The van der Waals surface area contributed by atoms with Gasteiger partial charge in [-0.2, -0.15) is 15.1 Å². The highest BCUT2D eigenvalue weighted by atomic mass is 19.1. The van der Waals surface area contributed by atoms with Crippen molar-refractivity contribution in [3.05, 3.63) is 70.7 Å². The molecule has 1 unspecified atom stereocenters. The number of aromatic nitrogens is 4. The number of amides is 1. The number of aliphatic hydroxyl groups is 1. The minimum absolute atomic E-state index is 0.0383. The summed E-state index contributed by atoms with van der Waals surface area (Å²) in [6.45, 7) is 12.7. The molecule has 1 amide bonds. The Hall–Kier alpha value is -5.45. The van der Waals surface area contributed by atoms with E-state index in [0.29, 0.717) is 53.4 Å². The first-order valence-corrected chi connectivity index (χ1v) is 21.2. The molecule has 1 N–H and O–H groups in total. The van der Waals surface area contributed by atoms with Crippen LogP contribution in [0.1, 0.15) is 108 Å². The molecule has 60 heavy (non-hydrogen) atoms. The molecule has 1 saturated carbocycles. The number of aliphatic hydroxyl groups excluding tert-OH is 1. The van der Waals surface area contributed by atoms with Crippen LogP contribution < -0.4 is 14.4 Å². The van der Waals surface area contributed by atoms with Gasteiger partial charge < -0.3 is 33.9 Å². The largest absolute Gasteiger partial charge is 0.486 e. The number of terminal acetylenes is 1. The van der Waals surface area contributed by atoms with E-state index in [1.165, 1.54) is 0 Å². The summed E-state index contributed by atoms with van der Waals surface area (Å²) < 4.78 is 43.6. The van der Waals surface area contributed by atoms with Crippen molar-refractivity contribution in [2.75, 3.05) is 24.6 Å². The van der Waals surface area contributed by atoms with Crippen LogP contribution in [0, 0.1) is 25.1 Å². The van der Waals surface area contributed by atoms with E-state index in [4.69, 9.17) is 40.4 Å². The number of anilines is 1. The molecule has 0 spiro atoms. The SMILES string of the molecule is C#Cc1ccc(COc2c(-c3c(C)c(F)cc4c3cnn4C3CCCCO3)c(C3CC3)cc3c(N4C[C@@H]5C[C@H]4CN5C(=O)OC(C)(C)C)nc(O[C@H](C)[C@@H](C)O)nc23)cc1. The van der Waals surface area contributed by atoms with Crippen molar-refractivity contribution in [1.82, 2.24) is 24.6 Å². The van der Waals surface area contributed by atoms with Crippen LogP contribution in [-0.4, -0.2) is 85.4 Å². The van der Waals surface area contributed by atoms with E-state index in [1.54, 1.807) is 19.9 Å². The highest BCUT2D eigenvalue weighted by molar-refractivity contribution is 6.06. The number of benzene rings is 3. The third-order valence-corrected chi connectivity index (χ3v) is 12.3. The molecule has 4 fully saturated rings. The van der Waals surface area contributed by atoms with Gasteiger partial charge >= 0.3 is 12.1 Å². The van der Waals surface area contributed by atoms with Crippen LogP contribution in [0.25, 0.3) is 32.9 Å². The topological polar surface area (TPSA) is 124 Å². The Morgan fingerprint density at radius 2 is 1.83 bits per heavy atom. The maximum atomic E-state index is 16.5. The minimum atomic E-state index is -0.805. The van der Waals surface area contributed by atoms with Crippen LogP contribution in [0.4, 0.5) is 15.0 Å². The maximum absolute atomic E-state index is 16.5. The third-order valence-electron chi connectivity index (χ3n) is 12.3. The van der Waals surface area contributed by atoms with E-state index in [1.807, 2.05) is 67.7 Å². The molecule has 9 rings (SSSR count). The van der Waals surface area contributed by atoms with Crippen LogP contribution in [0.2, 0.25) is 0 Å². The van der Waals surface area contributed by atoms with E-state index >= 15 is 4.39 Å². The normalized spacial score (nSPS) is 21.4. The number of ether oxygens (including phenoxy) is 4. The van der Waals surface area contributed by atoms with Gasteiger partial charge in [0.1, 0.15) is 35.5 Å². The molecule has 2 bridgehead atoms. The van der Waals surface area contributed by atoms with E-state index in [-0.39, 0.29) is 48.8 Å². The van der Waals surface area contributed by atoms with Crippen molar-refractivity contribution in [3.8, 4) is 35.2 Å². The lowest BCUT2D eigenvalue weighted by molar-refractivity contribution is -0.0366. The summed E-state index contributed by atoms with van der Waals surface area (Å²) in [6, 6.07) is 11.3. The first-order valence-electron chi connectivity index (χ1n) is 21.2. The quantitative estimate of drug-likeness (QED) is 0.137. The van der Waals surface area contributed by atoms with Crippen LogP contribution in [0.15, 0.2) is 42.6 Å². The molecule has 12 nitrogen and oxygen atoms in total. The Bertz CT molecular complexity index is 2500. The molecule has 314 valence electrons. The van der Waals surface area contributed by atoms with Crippen LogP contribution in [0.5, 0.6) is 11.8 Å². The molecular formula is C47H53FN6O6. The summed E-state index contributed by atoms with van der Waals surface area (Å²) >= 11 is 0. The Labute approximate surface area is 350 Å². The lowest BCUT2D eigenvalue weighted by Crippen LogP contribution is -2.50. The lowest BCUT2D eigenvalue weighted by Gasteiger charge is -2.36. The van der Waals surface area contributed by atoms with E-state index < -0.39 is 17.8 Å². The second-order valence-electron chi connectivity index (χ2n) is 17.9. The Kier molecular flexibility index (Phi) is 10.4. The van der Waals surface area contributed by atoms with Crippen molar-refractivity contribution < 1.29 is 33.2 Å². The first kappa shape index (κ1) is 40.0. The number of piperazine rings is 1. The zero-order valence-corrected chi connectivity index (χ0v) is 35.2. The highest BCUT2D eigenvalue weighted by Crippen LogP contribution is 2.54. The van der Waals surface area contributed by atoms with Gasteiger partial charge in [0.15, 0.2) is 12.0 Å². The molecule has 5 heterocycles. The standard InChI is InChI=1S/C47H53FN6O6/c1-8-29-12-14-30(15-13-29)25-58-43-41(40-26(2)37(48)21-38-36(40)22-49-54(38)39-11-9-10-18-57-39)34(31-16-17-31)20-35-42(43)50-45(59-28(4)27(3)55)51-44(35)52-23-33-19-32(52)24-53(33)46(56)60-47(5,6)7/h1,12-15,20-22,27-28,31-33,39,55H,9-11,16-19,23-25H2,2-7H3/t27-,28-,32+,33+,39?/m1/s1. The summed E-state index contributed by atoms with van der Waals surface area (Å²) in [7, 11) is 0. The highest BCUT2D eigenvalue weighted by Gasteiger charge is 2.48. The Morgan fingerprint density at radius 1 is 1.05 bits per heavy atom. The van der Waals surface area contributed by atoms with E-state index in [2.05, 4.69) is 16.9 Å². The number of nitrogens with zero attached hydrogens (tertiary/aromatic N) is 6. The second-order valence-corrected chi connectivity index (χ2v) is 17.9. The van der Waals surface area contributed by atoms with Gasteiger partial charge in [-0.15, -0.1) is 6.42 Å². The molecule has 13 heteroatoms. The molecule has 0 radical (unpaired) electrons. The summed E-state index contributed by atoms with van der Waals surface area (Å²) in [5.74, 6) is 3.65. The number of carbonyl (C=O) groups excluding carboxylic acids is 1. The van der Waals surface area contributed by atoms with Crippen molar-refractivity contribution in [2.24, 2.45) is 0 Å². The van der Waals surface area contributed by atoms with Crippen molar-refractivity contribution in [1.29, 1.82) is 0 Å². The zero-order valence-electron chi connectivity index (χ0n) is 35.2. The van der Waals surface area contributed by atoms with Gasteiger partial charge in [0.05, 0.1) is 29.9 Å². The fourth-order valence-electron chi connectivity index (χ4n) is 8.92. The smallest absolute Gasteiger partial charge is 0.410 e. The Morgan fingerprint density at radius 3 is 2.48 bits per heavy atom. The zero-order chi connectivity index (χ0) is 42.0. The molecule has 2 aromatic heterocycles. The van der Waals surface area contributed by atoms with E-state index in [0.717, 1.165) is 71.6 Å². The third kappa shape index (κ3) is 7.49. The second kappa shape index (κ2) is 15.5. The molecule has 5 atom stereocenters. The van der Waals surface area contributed by atoms with Crippen molar-refractivity contribution in [3.63, 3.8) is 0 Å². The molecule has 3 aliphatic heterocycles. The van der Waals surface area contributed by atoms with Gasteiger partial charge in [-0.1, -0.05) is 18.1 Å². The van der Waals surface area contributed by atoms with Crippen molar-refractivity contribution in [2.45, 2.75) is 129 Å². The van der Waals surface area contributed by atoms with Gasteiger partial charge in [-0.3, -0.25) is 0 Å². The molecule has 3 aromatic carbocycles. The summed E-state index contributed by atoms with van der Waals surface area (Å²) in [5, 5.41) is 16.9. The molecule has 5 aromatic rings. The average Bonchev–Trinajstić information content (AvgIpc) is 3.66. The number of rotatable bonds is 10. The summed E-state index contributed by atoms with van der Waals surface area (Å²) in [4.78, 5) is 27.5. The maximum Gasteiger partial charge on any atom is 0.410 e. The molecule has 1 aliphatic carbocycles. The number of fused-ring (bicyclic) bond motifs is 4. The number of halogens is 1. The lowest BCUT2D eigenvalue weighted by atomic mass is 9.88. The van der Waals surface area contributed by atoms with E-state index in [9.17, 15) is 9.90 Å². The van der Waals surface area contributed by atoms with Crippen LogP contribution >= 0.6 is 0 Å². The number of likely N-dealkylation sites (tertiary alicyclic amines) is 1. The average molecular weight is 817 g/mol. The fraction of sp³-hybridized carbons (Fsp3) is 0.489. The molecule has 4 aliphatic rings. The number of hydrogen-bond donors (Lipinski definition) is 1. The van der Waals surface area contributed by atoms with Crippen LogP contribution in [-0.2, 0) is 16.1 Å². The number of hydrogen-bond acceptors (Lipinski definition) is 10.